The van der Waals surface area contributed by atoms with Gasteiger partial charge in [0.05, 0.1) is 0 Å². The molecule has 0 aliphatic carbocycles. The number of allylic oxidation sites excluding steroid dienone is 2. The van der Waals surface area contributed by atoms with E-state index in [1.54, 1.807) is 0 Å². The van der Waals surface area contributed by atoms with Crippen LogP contribution in [0.15, 0.2) is 40.9 Å². The van der Waals surface area contributed by atoms with Crippen molar-refractivity contribution < 1.29 is 0 Å². The summed E-state index contributed by atoms with van der Waals surface area (Å²) in [6, 6.07) is 9.18. The molecule has 3 unspecified atom stereocenters. The van der Waals surface area contributed by atoms with Crippen molar-refractivity contribution in [3.05, 3.63) is 47.0 Å². The molecule has 1 aromatic carbocycles. The molecule has 0 saturated carbocycles. The molecule has 0 aliphatic heterocycles. The summed E-state index contributed by atoms with van der Waals surface area (Å²) in [7, 11) is 1.85. The number of halogens is 1. The van der Waals surface area contributed by atoms with Gasteiger partial charge in [0, 0.05) is 29.1 Å². The van der Waals surface area contributed by atoms with E-state index in [0.717, 1.165) is 12.8 Å². The number of rotatable bonds is 13. The summed E-state index contributed by atoms with van der Waals surface area (Å²) in [5.41, 5.74) is 11.2. The first kappa shape index (κ1) is 26.4. The number of hydrogen-bond donors (Lipinski definition) is 1. The van der Waals surface area contributed by atoms with Gasteiger partial charge in [0.15, 0.2) is 0 Å². The molecule has 2 nitrogen and oxygen atoms in total. The first-order valence-corrected chi connectivity index (χ1v) is 12.5. The standard InChI is InChI=1S/C26H43IN2/c1-7-22(19-29-6)23-15-13-21(14-16-23)17-25(28)24(27)12-10-9-11-20(3)18-26(4,5)8-2/h11,13-16,19,22,24-25H,7-10,12,17-18,28H2,1-6H3/b20-11+,29-19?. The van der Waals surface area contributed by atoms with E-state index in [1.807, 2.05) is 13.3 Å². The van der Waals surface area contributed by atoms with Gasteiger partial charge in [-0.05, 0) is 62.0 Å². The van der Waals surface area contributed by atoms with E-state index in [2.05, 4.69) is 92.5 Å². The zero-order chi connectivity index (χ0) is 21.9. The van der Waals surface area contributed by atoms with Gasteiger partial charge in [-0.1, -0.05) is 92.6 Å². The smallest absolute Gasteiger partial charge is 0.0273 e. The second-order valence-electron chi connectivity index (χ2n) is 9.22. The van der Waals surface area contributed by atoms with E-state index in [4.69, 9.17) is 5.73 Å². The Bertz CT molecular complexity index is 631. The van der Waals surface area contributed by atoms with Crippen LogP contribution >= 0.6 is 22.6 Å². The first-order chi connectivity index (χ1) is 13.7. The molecular weight excluding hydrogens is 467 g/mol. The molecule has 3 heteroatoms. The molecule has 3 atom stereocenters. The van der Waals surface area contributed by atoms with Gasteiger partial charge in [-0.15, -0.1) is 0 Å². The quantitative estimate of drug-likeness (QED) is 0.0964. The van der Waals surface area contributed by atoms with Crippen molar-refractivity contribution in [3.8, 4) is 0 Å². The molecule has 0 bridgehead atoms. The molecule has 164 valence electrons. The van der Waals surface area contributed by atoms with Crippen molar-refractivity contribution in [2.45, 2.75) is 95.4 Å². The summed E-state index contributed by atoms with van der Waals surface area (Å²) in [6.07, 6.45) is 12.5. The van der Waals surface area contributed by atoms with Crippen LogP contribution in [0.5, 0.6) is 0 Å². The molecule has 1 rings (SSSR count). The van der Waals surface area contributed by atoms with E-state index in [0.29, 0.717) is 15.3 Å². The fraction of sp³-hybridized carbons (Fsp3) is 0.654. The third kappa shape index (κ3) is 10.3. The number of aliphatic imine (C=N–C) groups is 1. The van der Waals surface area contributed by atoms with Crippen LogP contribution in [0.3, 0.4) is 0 Å². The minimum atomic E-state index is 0.213. The van der Waals surface area contributed by atoms with E-state index in [1.165, 1.54) is 48.8 Å². The molecule has 0 fully saturated rings. The number of nitrogens with zero attached hydrogens (tertiary/aromatic N) is 1. The summed E-state index contributed by atoms with van der Waals surface area (Å²) < 4.78 is 0.517. The molecule has 0 spiro atoms. The van der Waals surface area contributed by atoms with E-state index in [-0.39, 0.29) is 6.04 Å². The maximum Gasteiger partial charge on any atom is 0.0273 e. The largest absolute Gasteiger partial charge is 0.326 e. The van der Waals surface area contributed by atoms with Crippen LogP contribution in [-0.2, 0) is 6.42 Å². The second kappa shape index (κ2) is 13.6. The zero-order valence-electron chi connectivity index (χ0n) is 19.5. The second-order valence-corrected chi connectivity index (χ2v) is 10.8. The summed E-state index contributed by atoms with van der Waals surface area (Å²) in [5, 5.41) is 0. The predicted octanol–water partition coefficient (Wildman–Crippen LogP) is 7.50. The summed E-state index contributed by atoms with van der Waals surface area (Å²) in [6.45, 7) is 11.5. The number of unbranched alkanes of at least 4 members (excludes halogenated alkanes) is 1. The van der Waals surface area contributed by atoms with Gasteiger partial charge >= 0.3 is 0 Å². The van der Waals surface area contributed by atoms with Crippen LogP contribution in [0.1, 0.15) is 90.2 Å². The molecular formula is C26H43IN2. The van der Waals surface area contributed by atoms with E-state index in [9.17, 15) is 0 Å². The highest BCUT2D eigenvalue weighted by atomic mass is 127. The van der Waals surface area contributed by atoms with Crippen molar-refractivity contribution in [1.82, 2.24) is 0 Å². The Morgan fingerprint density at radius 3 is 2.41 bits per heavy atom. The Labute approximate surface area is 194 Å². The van der Waals surface area contributed by atoms with Crippen molar-refractivity contribution in [2.75, 3.05) is 7.05 Å². The van der Waals surface area contributed by atoms with Crippen molar-refractivity contribution in [2.24, 2.45) is 16.1 Å². The van der Waals surface area contributed by atoms with Gasteiger partial charge in [-0.25, -0.2) is 0 Å². The van der Waals surface area contributed by atoms with Gasteiger partial charge in [0.25, 0.3) is 0 Å². The number of benzene rings is 1. The Morgan fingerprint density at radius 1 is 1.21 bits per heavy atom. The van der Waals surface area contributed by atoms with Gasteiger partial charge in [-0.3, -0.25) is 0 Å². The van der Waals surface area contributed by atoms with Crippen molar-refractivity contribution >= 4 is 28.8 Å². The van der Waals surface area contributed by atoms with Crippen LogP contribution in [-0.4, -0.2) is 23.2 Å². The third-order valence-electron chi connectivity index (χ3n) is 6.00. The Kier molecular flexibility index (Phi) is 12.3. The Hall–Kier alpha value is -0.680. The van der Waals surface area contributed by atoms with Crippen molar-refractivity contribution in [1.29, 1.82) is 0 Å². The minimum absolute atomic E-state index is 0.213. The van der Waals surface area contributed by atoms with Crippen LogP contribution < -0.4 is 5.73 Å². The fourth-order valence-electron chi connectivity index (χ4n) is 3.74. The molecule has 0 saturated heterocycles. The lowest BCUT2D eigenvalue weighted by Gasteiger charge is -2.23. The Balaban J connectivity index is 2.45. The van der Waals surface area contributed by atoms with Crippen LogP contribution in [0.4, 0.5) is 0 Å². The van der Waals surface area contributed by atoms with Crippen LogP contribution in [0.2, 0.25) is 0 Å². The van der Waals surface area contributed by atoms with Gasteiger partial charge in [-0.2, -0.15) is 0 Å². The molecule has 29 heavy (non-hydrogen) atoms. The van der Waals surface area contributed by atoms with Crippen LogP contribution in [0, 0.1) is 5.41 Å². The fourth-order valence-corrected chi connectivity index (χ4v) is 4.43. The molecule has 0 radical (unpaired) electrons. The molecule has 2 N–H and O–H groups in total. The third-order valence-corrected chi connectivity index (χ3v) is 7.55. The highest BCUT2D eigenvalue weighted by molar-refractivity contribution is 14.1. The maximum absolute atomic E-state index is 6.52. The van der Waals surface area contributed by atoms with E-state index >= 15 is 0 Å². The average molecular weight is 511 g/mol. The lowest BCUT2D eigenvalue weighted by molar-refractivity contribution is 0.348. The molecule has 0 amide bonds. The minimum Gasteiger partial charge on any atom is -0.326 e. The van der Waals surface area contributed by atoms with Gasteiger partial charge < -0.3 is 10.7 Å². The number of alkyl halides is 1. The lowest BCUT2D eigenvalue weighted by Crippen LogP contribution is -2.32. The summed E-state index contributed by atoms with van der Waals surface area (Å²) in [4.78, 5) is 4.20. The molecule has 0 aliphatic rings. The zero-order valence-corrected chi connectivity index (χ0v) is 21.7. The number of hydrogen-bond acceptors (Lipinski definition) is 2. The summed E-state index contributed by atoms with van der Waals surface area (Å²) in [5.74, 6) is 0.416. The summed E-state index contributed by atoms with van der Waals surface area (Å²) >= 11 is 2.55. The SMILES string of the molecule is CCC(C=NC)c1ccc(CC(N)C(I)CCC/C=C(\C)CC(C)(C)CC)cc1. The van der Waals surface area contributed by atoms with Gasteiger partial charge in [0.2, 0.25) is 0 Å². The van der Waals surface area contributed by atoms with Crippen LogP contribution in [0.25, 0.3) is 0 Å². The highest BCUT2D eigenvalue weighted by Crippen LogP contribution is 2.29. The van der Waals surface area contributed by atoms with Crippen molar-refractivity contribution in [3.63, 3.8) is 0 Å². The Morgan fingerprint density at radius 2 is 1.86 bits per heavy atom. The predicted molar refractivity (Wildman–Crippen MR) is 140 cm³/mol. The highest BCUT2D eigenvalue weighted by Gasteiger charge is 2.16. The maximum atomic E-state index is 6.52. The van der Waals surface area contributed by atoms with Gasteiger partial charge in [0.1, 0.15) is 0 Å². The monoisotopic (exact) mass is 510 g/mol. The average Bonchev–Trinajstić information content (AvgIpc) is 2.69. The van der Waals surface area contributed by atoms with E-state index < -0.39 is 0 Å². The molecule has 0 heterocycles. The lowest BCUT2D eigenvalue weighted by atomic mass is 9.83. The molecule has 0 aromatic heterocycles. The molecule has 1 aromatic rings. The number of nitrogens with two attached hydrogens (primary N) is 1. The normalized spacial score (nSPS) is 16.2. The first-order valence-electron chi connectivity index (χ1n) is 11.3. The topological polar surface area (TPSA) is 38.4 Å².